The van der Waals surface area contributed by atoms with Crippen molar-refractivity contribution in [2.45, 2.75) is 45.1 Å². The van der Waals surface area contributed by atoms with Crippen molar-refractivity contribution in [2.24, 2.45) is 5.92 Å². The first-order valence-corrected chi connectivity index (χ1v) is 7.54. The number of benzene rings is 1. The number of hydrogen-bond acceptors (Lipinski definition) is 2. The molecule has 0 saturated heterocycles. The molecule has 2 rings (SSSR count). The molecule has 0 aromatic heterocycles. The predicted octanol–water partition coefficient (Wildman–Crippen LogP) is 4.25. The lowest BCUT2D eigenvalue weighted by atomic mass is 10.0. The Kier molecular flexibility index (Phi) is 4.54. The molecule has 1 aliphatic carbocycles. The van der Waals surface area contributed by atoms with Crippen molar-refractivity contribution in [3.05, 3.63) is 21.8 Å². The van der Waals surface area contributed by atoms with Crippen molar-refractivity contribution in [1.82, 2.24) is 0 Å². The molecule has 3 N–H and O–H groups in total. The minimum atomic E-state index is 0.636. The van der Waals surface area contributed by atoms with Gasteiger partial charge in [0.05, 0.1) is 0 Å². The van der Waals surface area contributed by atoms with Crippen LogP contribution in [-0.4, -0.2) is 6.04 Å². The van der Waals surface area contributed by atoms with Gasteiger partial charge in [0.1, 0.15) is 0 Å². The third-order valence-electron chi connectivity index (χ3n) is 3.61. The lowest BCUT2D eigenvalue weighted by molar-refractivity contribution is 0.502. The summed E-state index contributed by atoms with van der Waals surface area (Å²) >= 11 is 2.35. The van der Waals surface area contributed by atoms with E-state index in [-0.39, 0.29) is 0 Å². The van der Waals surface area contributed by atoms with E-state index < -0.39 is 0 Å². The Morgan fingerprint density at radius 1 is 1.24 bits per heavy atom. The Hall–Kier alpha value is -0.450. The van der Waals surface area contributed by atoms with Crippen LogP contribution in [-0.2, 0) is 0 Å². The highest BCUT2D eigenvalue weighted by Crippen LogP contribution is 2.27. The van der Waals surface area contributed by atoms with Crippen molar-refractivity contribution in [3.63, 3.8) is 0 Å². The third-order valence-corrected chi connectivity index (χ3v) is 4.50. The summed E-state index contributed by atoms with van der Waals surface area (Å²) in [4.78, 5) is 0. The van der Waals surface area contributed by atoms with E-state index in [2.05, 4.69) is 40.9 Å². The Bertz CT molecular complexity index is 378. The van der Waals surface area contributed by atoms with E-state index in [0.717, 1.165) is 11.6 Å². The second-order valence-electron chi connectivity index (χ2n) is 5.19. The van der Waals surface area contributed by atoms with Gasteiger partial charge in [-0.05, 0) is 66.0 Å². The highest BCUT2D eigenvalue weighted by atomic mass is 127. The molecule has 0 spiro atoms. The van der Waals surface area contributed by atoms with Gasteiger partial charge in [0.15, 0.2) is 0 Å². The van der Waals surface area contributed by atoms with Gasteiger partial charge in [0, 0.05) is 21.0 Å². The van der Waals surface area contributed by atoms with Gasteiger partial charge in [0.25, 0.3) is 0 Å². The quantitative estimate of drug-likeness (QED) is 0.478. The average molecular weight is 344 g/mol. The summed E-state index contributed by atoms with van der Waals surface area (Å²) in [6.45, 7) is 2.37. The fourth-order valence-electron chi connectivity index (χ4n) is 2.50. The second-order valence-corrected chi connectivity index (χ2v) is 6.36. The topological polar surface area (TPSA) is 38.0 Å². The fourth-order valence-corrected chi connectivity index (χ4v) is 3.19. The van der Waals surface area contributed by atoms with E-state index in [4.69, 9.17) is 5.73 Å². The van der Waals surface area contributed by atoms with E-state index in [9.17, 15) is 0 Å². The van der Waals surface area contributed by atoms with Crippen LogP contribution in [0.4, 0.5) is 11.4 Å². The van der Waals surface area contributed by atoms with Crippen LogP contribution in [0.15, 0.2) is 18.2 Å². The molecule has 2 atom stereocenters. The Morgan fingerprint density at radius 2 is 2.06 bits per heavy atom. The Morgan fingerprint density at radius 3 is 2.82 bits per heavy atom. The molecule has 1 saturated carbocycles. The molecule has 1 fully saturated rings. The van der Waals surface area contributed by atoms with Gasteiger partial charge in [-0.1, -0.05) is 19.8 Å². The minimum Gasteiger partial charge on any atom is -0.399 e. The number of nitrogens with two attached hydrogens (primary N) is 1. The van der Waals surface area contributed by atoms with Crippen molar-refractivity contribution in [1.29, 1.82) is 0 Å². The number of anilines is 2. The highest BCUT2D eigenvalue weighted by Gasteiger charge is 2.16. The molecule has 1 aromatic carbocycles. The average Bonchev–Trinajstić information content (AvgIpc) is 2.48. The first-order chi connectivity index (χ1) is 8.15. The molecular formula is C14H21IN2. The molecule has 2 unspecified atom stereocenters. The molecule has 3 heteroatoms. The molecule has 0 heterocycles. The first-order valence-electron chi connectivity index (χ1n) is 6.46. The van der Waals surface area contributed by atoms with Crippen LogP contribution < -0.4 is 11.1 Å². The number of nitrogens with one attached hydrogen (secondary N) is 1. The minimum absolute atomic E-state index is 0.636. The maximum atomic E-state index is 5.77. The van der Waals surface area contributed by atoms with Gasteiger partial charge < -0.3 is 11.1 Å². The van der Waals surface area contributed by atoms with Crippen LogP contribution >= 0.6 is 22.6 Å². The molecule has 2 nitrogen and oxygen atoms in total. The molecule has 1 aliphatic rings. The van der Waals surface area contributed by atoms with Gasteiger partial charge in [0.2, 0.25) is 0 Å². The monoisotopic (exact) mass is 344 g/mol. The van der Waals surface area contributed by atoms with Crippen LogP contribution in [0.5, 0.6) is 0 Å². The maximum absolute atomic E-state index is 5.77. The van der Waals surface area contributed by atoms with Gasteiger partial charge in [-0.15, -0.1) is 0 Å². The highest BCUT2D eigenvalue weighted by molar-refractivity contribution is 14.1. The van der Waals surface area contributed by atoms with Gasteiger partial charge in [-0.25, -0.2) is 0 Å². The zero-order valence-electron chi connectivity index (χ0n) is 10.4. The summed E-state index contributed by atoms with van der Waals surface area (Å²) < 4.78 is 1.22. The molecule has 17 heavy (non-hydrogen) atoms. The summed E-state index contributed by atoms with van der Waals surface area (Å²) in [6.07, 6.45) is 6.68. The standard InChI is InChI=1S/C14H21IN2/c1-10-3-2-4-12(7-5-10)17-14-8-6-11(16)9-13(14)15/h6,8-10,12,17H,2-5,7,16H2,1H3. The normalized spacial score (nSPS) is 25.3. The van der Waals surface area contributed by atoms with Crippen molar-refractivity contribution in [3.8, 4) is 0 Å². The van der Waals surface area contributed by atoms with E-state index in [0.29, 0.717) is 6.04 Å². The van der Waals surface area contributed by atoms with E-state index >= 15 is 0 Å². The lowest BCUT2D eigenvalue weighted by Crippen LogP contribution is -2.19. The largest absolute Gasteiger partial charge is 0.399 e. The molecule has 94 valence electrons. The van der Waals surface area contributed by atoms with Gasteiger partial charge in [-0.3, -0.25) is 0 Å². The van der Waals surface area contributed by atoms with Crippen molar-refractivity contribution in [2.75, 3.05) is 11.1 Å². The van der Waals surface area contributed by atoms with Crippen LogP contribution in [0.1, 0.15) is 39.0 Å². The van der Waals surface area contributed by atoms with Crippen molar-refractivity contribution < 1.29 is 0 Å². The van der Waals surface area contributed by atoms with Crippen LogP contribution in [0.3, 0.4) is 0 Å². The van der Waals surface area contributed by atoms with E-state index in [1.165, 1.54) is 41.4 Å². The van der Waals surface area contributed by atoms with Crippen LogP contribution in [0, 0.1) is 9.49 Å². The Balaban J connectivity index is 2.00. The summed E-state index contributed by atoms with van der Waals surface area (Å²) in [7, 11) is 0. The van der Waals surface area contributed by atoms with E-state index in [1.54, 1.807) is 0 Å². The molecular weight excluding hydrogens is 323 g/mol. The van der Waals surface area contributed by atoms with Crippen molar-refractivity contribution >= 4 is 34.0 Å². The smallest absolute Gasteiger partial charge is 0.0479 e. The SMILES string of the molecule is CC1CCCC(Nc2ccc(N)cc2I)CC1. The number of nitrogen functional groups attached to an aromatic ring is 1. The van der Waals surface area contributed by atoms with Crippen LogP contribution in [0.2, 0.25) is 0 Å². The summed E-state index contributed by atoms with van der Waals surface area (Å²) in [5, 5.41) is 3.67. The summed E-state index contributed by atoms with van der Waals surface area (Å²) in [5.74, 6) is 0.896. The lowest BCUT2D eigenvalue weighted by Gasteiger charge is -2.19. The number of rotatable bonds is 2. The maximum Gasteiger partial charge on any atom is 0.0479 e. The van der Waals surface area contributed by atoms with Gasteiger partial charge in [-0.2, -0.15) is 0 Å². The predicted molar refractivity (Wildman–Crippen MR) is 83.2 cm³/mol. The first kappa shape index (κ1) is 13.0. The molecule has 1 aromatic rings. The Labute approximate surface area is 117 Å². The molecule has 0 radical (unpaired) electrons. The molecule has 0 amide bonds. The molecule has 0 bridgehead atoms. The second kappa shape index (κ2) is 5.94. The fraction of sp³-hybridized carbons (Fsp3) is 0.571. The summed E-state index contributed by atoms with van der Waals surface area (Å²) in [6, 6.07) is 6.74. The van der Waals surface area contributed by atoms with Gasteiger partial charge >= 0.3 is 0 Å². The number of hydrogen-bond donors (Lipinski definition) is 2. The summed E-state index contributed by atoms with van der Waals surface area (Å²) in [5.41, 5.74) is 7.85. The zero-order chi connectivity index (χ0) is 12.3. The zero-order valence-corrected chi connectivity index (χ0v) is 12.5. The number of halogens is 1. The molecule has 0 aliphatic heterocycles. The van der Waals surface area contributed by atoms with Crippen LogP contribution in [0.25, 0.3) is 0 Å². The third kappa shape index (κ3) is 3.76. The van der Waals surface area contributed by atoms with E-state index in [1.807, 2.05) is 12.1 Å².